The van der Waals surface area contributed by atoms with Gasteiger partial charge in [0, 0.05) is 31.2 Å². The van der Waals surface area contributed by atoms with Crippen LogP contribution in [0.4, 0.5) is 0 Å². The van der Waals surface area contributed by atoms with E-state index in [0.717, 1.165) is 0 Å². The van der Waals surface area contributed by atoms with E-state index in [0.29, 0.717) is 5.69 Å². The zero-order valence-electron chi connectivity index (χ0n) is 19.6. The second-order valence-electron chi connectivity index (χ2n) is 8.02. The van der Waals surface area contributed by atoms with Gasteiger partial charge in [-0.05, 0) is 12.8 Å². The number of imidazole rings is 1. The highest BCUT2D eigenvalue weighted by Crippen LogP contribution is 2.05. The molecule has 17 heteroatoms. The predicted molar refractivity (Wildman–Crippen MR) is 123 cm³/mol. The Morgan fingerprint density at radius 1 is 0.838 bits per heavy atom. The number of nitrogens with one attached hydrogen (secondary N) is 4. The highest BCUT2D eigenvalue weighted by Gasteiger charge is 2.31. The first kappa shape index (κ1) is 30.5. The van der Waals surface area contributed by atoms with Gasteiger partial charge in [-0.15, -0.1) is 0 Å². The van der Waals surface area contributed by atoms with Crippen molar-refractivity contribution in [1.82, 2.24) is 25.9 Å². The number of carbonyl (C=O) groups excluding carboxylic acids is 5. The van der Waals surface area contributed by atoms with Gasteiger partial charge in [0.2, 0.25) is 29.5 Å². The Morgan fingerprint density at radius 2 is 1.43 bits per heavy atom. The Hall–Kier alpha value is -4.54. The summed E-state index contributed by atoms with van der Waals surface area (Å²) in [5.41, 5.74) is 16.2. The van der Waals surface area contributed by atoms with Gasteiger partial charge in [0.1, 0.15) is 18.1 Å². The Kier molecular flexibility index (Phi) is 12.2. The molecule has 0 saturated carbocycles. The minimum Gasteiger partial charge on any atom is -0.481 e. The topological polar surface area (TPSA) is 303 Å². The molecule has 0 fully saturated rings. The Morgan fingerprint density at radius 3 is 1.95 bits per heavy atom. The Labute approximate surface area is 209 Å². The molecule has 0 saturated heterocycles. The summed E-state index contributed by atoms with van der Waals surface area (Å²) in [6, 6.07) is -5.79. The van der Waals surface area contributed by atoms with Crippen molar-refractivity contribution in [2.45, 2.75) is 62.7 Å². The zero-order valence-corrected chi connectivity index (χ0v) is 19.6. The third-order valence-electron chi connectivity index (χ3n) is 4.95. The second kappa shape index (κ2) is 14.8. The molecule has 0 aliphatic rings. The van der Waals surface area contributed by atoms with Crippen molar-refractivity contribution in [2.24, 2.45) is 17.2 Å². The maximum Gasteiger partial charge on any atom is 0.326 e. The summed E-state index contributed by atoms with van der Waals surface area (Å²) in [4.78, 5) is 89.3. The molecular weight excluding hydrogens is 496 g/mol. The highest BCUT2D eigenvalue weighted by atomic mass is 16.4. The first-order valence-electron chi connectivity index (χ1n) is 10.9. The summed E-state index contributed by atoms with van der Waals surface area (Å²) in [5, 5.41) is 24.8. The number of primary amides is 2. The number of aromatic nitrogens is 2. The van der Waals surface area contributed by atoms with Crippen molar-refractivity contribution in [2.75, 3.05) is 0 Å². The molecule has 0 aromatic carbocycles. The van der Waals surface area contributed by atoms with Crippen LogP contribution in [0.25, 0.3) is 0 Å². The van der Waals surface area contributed by atoms with Gasteiger partial charge in [0.25, 0.3) is 0 Å². The summed E-state index contributed by atoms with van der Waals surface area (Å²) in [6.07, 6.45) is 0.483. The van der Waals surface area contributed by atoms with Crippen LogP contribution >= 0.6 is 0 Å². The lowest BCUT2D eigenvalue weighted by atomic mass is 10.1. The molecular formula is C20H30N8O9. The van der Waals surface area contributed by atoms with E-state index in [9.17, 15) is 38.7 Å². The number of carboxylic acid groups (broad SMARTS) is 2. The summed E-state index contributed by atoms with van der Waals surface area (Å²) in [7, 11) is 0. The summed E-state index contributed by atoms with van der Waals surface area (Å²) < 4.78 is 0. The van der Waals surface area contributed by atoms with Gasteiger partial charge in [-0.3, -0.25) is 28.8 Å². The number of hydrogen-bond donors (Lipinski definition) is 9. The Balaban J connectivity index is 3.08. The van der Waals surface area contributed by atoms with E-state index in [1.54, 1.807) is 0 Å². The molecule has 12 N–H and O–H groups in total. The van der Waals surface area contributed by atoms with Crippen LogP contribution in [0.5, 0.6) is 0 Å². The summed E-state index contributed by atoms with van der Waals surface area (Å²) in [6.45, 7) is 0. The monoisotopic (exact) mass is 526 g/mol. The van der Waals surface area contributed by atoms with E-state index in [2.05, 4.69) is 25.9 Å². The van der Waals surface area contributed by atoms with Crippen LogP contribution in [0.1, 0.15) is 37.8 Å². The van der Waals surface area contributed by atoms with E-state index in [1.807, 2.05) is 0 Å². The molecule has 5 amide bonds. The SMILES string of the molecule is NC(=O)CCC(NC(=O)C(N)CCC(=O)O)C(=O)NC(Cc1cnc[nH]1)C(=O)NC(CC(N)=O)C(=O)O. The number of nitrogens with zero attached hydrogens (tertiary/aromatic N) is 1. The molecule has 204 valence electrons. The van der Waals surface area contributed by atoms with Crippen molar-refractivity contribution in [3.63, 3.8) is 0 Å². The van der Waals surface area contributed by atoms with E-state index in [1.165, 1.54) is 12.5 Å². The molecule has 0 spiro atoms. The molecule has 0 radical (unpaired) electrons. The average molecular weight is 527 g/mol. The molecule has 1 rings (SSSR count). The van der Waals surface area contributed by atoms with Crippen LogP contribution in [0.3, 0.4) is 0 Å². The van der Waals surface area contributed by atoms with Crippen LogP contribution in [0.15, 0.2) is 12.5 Å². The molecule has 0 bridgehead atoms. The number of aliphatic carboxylic acids is 2. The van der Waals surface area contributed by atoms with Gasteiger partial charge in [0.15, 0.2) is 0 Å². The number of carbonyl (C=O) groups is 7. The van der Waals surface area contributed by atoms with Gasteiger partial charge in [-0.25, -0.2) is 9.78 Å². The fourth-order valence-electron chi connectivity index (χ4n) is 3.02. The maximum atomic E-state index is 13.0. The molecule has 37 heavy (non-hydrogen) atoms. The first-order chi connectivity index (χ1) is 17.3. The minimum atomic E-state index is -1.68. The zero-order chi connectivity index (χ0) is 28.1. The van der Waals surface area contributed by atoms with Gasteiger partial charge in [-0.2, -0.15) is 0 Å². The molecule has 17 nitrogen and oxygen atoms in total. The quantitative estimate of drug-likeness (QED) is 0.0937. The minimum absolute atomic E-state index is 0.199. The normalized spacial score (nSPS) is 13.9. The van der Waals surface area contributed by atoms with E-state index in [-0.39, 0.29) is 25.7 Å². The largest absolute Gasteiger partial charge is 0.481 e. The lowest BCUT2D eigenvalue weighted by Gasteiger charge is -2.24. The van der Waals surface area contributed by atoms with Crippen LogP contribution in [0, 0.1) is 0 Å². The van der Waals surface area contributed by atoms with Crippen molar-refractivity contribution in [3.8, 4) is 0 Å². The standard InChI is InChI=1S/C20H30N8O9/c21-10(1-4-16(31)32)17(33)26-11(2-3-14(22)29)18(34)27-12(5-9-7-24-8-25-9)19(35)28-13(20(36)37)6-15(23)30/h7-8,10-13H,1-6,21H2,(H2,22,29)(H2,23,30)(H,24,25)(H,26,33)(H,27,34)(H,28,35)(H,31,32)(H,36,37). The maximum absolute atomic E-state index is 13.0. The number of rotatable bonds is 17. The summed E-state index contributed by atoms with van der Waals surface area (Å²) in [5.74, 6) is -7.32. The van der Waals surface area contributed by atoms with Crippen molar-refractivity contribution in [1.29, 1.82) is 0 Å². The number of aromatic amines is 1. The molecule has 1 aromatic rings. The smallest absolute Gasteiger partial charge is 0.326 e. The number of H-pyrrole nitrogens is 1. The molecule has 4 atom stereocenters. The first-order valence-corrected chi connectivity index (χ1v) is 10.9. The van der Waals surface area contributed by atoms with Crippen molar-refractivity contribution < 1.29 is 43.8 Å². The van der Waals surface area contributed by atoms with Gasteiger partial charge in [0.05, 0.1) is 18.8 Å². The number of nitrogens with two attached hydrogens (primary N) is 3. The van der Waals surface area contributed by atoms with Crippen molar-refractivity contribution in [3.05, 3.63) is 18.2 Å². The van der Waals surface area contributed by atoms with E-state index in [4.69, 9.17) is 22.3 Å². The molecule has 0 aliphatic carbocycles. The fraction of sp³-hybridized carbons (Fsp3) is 0.500. The van der Waals surface area contributed by atoms with E-state index < -0.39 is 78.5 Å². The van der Waals surface area contributed by atoms with Gasteiger partial charge >= 0.3 is 11.9 Å². The van der Waals surface area contributed by atoms with Crippen LogP contribution in [-0.2, 0) is 40.0 Å². The average Bonchev–Trinajstić information content (AvgIpc) is 3.31. The number of amides is 5. The Bertz CT molecular complexity index is 998. The van der Waals surface area contributed by atoms with Gasteiger partial charge in [-0.1, -0.05) is 0 Å². The van der Waals surface area contributed by atoms with Gasteiger partial charge < -0.3 is 48.3 Å². The highest BCUT2D eigenvalue weighted by molar-refractivity contribution is 5.95. The number of hydrogen-bond acceptors (Lipinski definition) is 9. The third-order valence-corrected chi connectivity index (χ3v) is 4.95. The van der Waals surface area contributed by atoms with Crippen LogP contribution in [0.2, 0.25) is 0 Å². The van der Waals surface area contributed by atoms with E-state index >= 15 is 0 Å². The fourth-order valence-corrected chi connectivity index (χ4v) is 3.02. The molecule has 1 heterocycles. The summed E-state index contributed by atoms with van der Waals surface area (Å²) >= 11 is 0. The molecule has 1 aromatic heterocycles. The second-order valence-corrected chi connectivity index (χ2v) is 8.02. The lowest BCUT2D eigenvalue weighted by Crippen LogP contribution is -2.58. The van der Waals surface area contributed by atoms with Crippen LogP contribution < -0.4 is 33.2 Å². The lowest BCUT2D eigenvalue weighted by molar-refractivity contribution is -0.143. The molecule has 0 aliphatic heterocycles. The number of carboxylic acids is 2. The molecule has 4 unspecified atom stereocenters. The van der Waals surface area contributed by atoms with Crippen molar-refractivity contribution >= 4 is 41.5 Å². The predicted octanol–water partition coefficient (Wildman–Crippen LogP) is -4.18. The van der Waals surface area contributed by atoms with Crippen LogP contribution in [-0.4, -0.2) is 85.8 Å². The third kappa shape index (κ3) is 11.6.